The molecule has 106 valence electrons. The fourth-order valence-corrected chi connectivity index (χ4v) is 3.46. The highest BCUT2D eigenvalue weighted by atomic mass is 32.2. The summed E-state index contributed by atoms with van der Waals surface area (Å²) in [4.78, 5) is 0. The predicted octanol–water partition coefficient (Wildman–Crippen LogP) is 1.87. The molecule has 1 rings (SSSR count). The number of rotatable bonds is 8. The van der Waals surface area contributed by atoms with E-state index in [1.807, 2.05) is 31.2 Å². The molecule has 0 aliphatic heterocycles. The highest BCUT2D eigenvalue weighted by Crippen LogP contribution is 2.13. The van der Waals surface area contributed by atoms with E-state index in [-0.39, 0.29) is 5.75 Å². The van der Waals surface area contributed by atoms with Crippen molar-refractivity contribution in [2.75, 3.05) is 13.1 Å². The van der Waals surface area contributed by atoms with Gasteiger partial charge in [-0.3, -0.25) is 0 Å². The third-order valence-corrected chi connectivity index (χ3v) is 4.59. The van der Waals surface area contributed by atoms with Gasteiger partial charge in [-0.25, -0.2) is 8.42 Å². The van der Waals surface area contributed by atoms with Gasteiger partial charge in [-0.15, -0.1) is 6.58 Å². The minimum Gasteiger partial charge on any atom is -0.326 e. The minimum absolute atomic E-state index is 0.00861. The summed E-state index contributed by atoms with van der Waals surface area (Å²) in [6.07, 6.45) is 2.40. The van der Waals surface area contributed by atoms with Crippen molar-refractivity contribution in [3.63, 3.8) is 0 Å². The molecular formula is C14H22N2O2S. The van der Waals surface area contributed by atoms with Crippen molar-refractivity contribution in [3.8, 4) is 0 Å². The van der Waals surface area contributed by atoms with Crippen molar-refractivity contribution in [1.29, 1.82) is 0 Å². The second-order valence-electron chi connectivity index (χ2n) is 4.43. The molecule has 4 nitrogen and oxygen atoms in total. The average Bonchev–Trinajstić information content (AvgIpc) is 2.38. The van der Waals surface area contributed by atoms with Crippen LogP contribution in [-0.2, 0) is 22.3 Å². The van der Waals surface area contributed by atoms with Crippen LogP contribution in [0.5, 0.6) is 0 Å². The van der Waals surface area contributed by atoms with Gasteiger partial charge in [0.25, 0.3) is 0 Å². The Hall–Kier alpha value is -1.17. The molecule has 0 spiro atoms. The van der Waals surface area contributed by atoms with E-state index in [2.05, 4.69) is 6.58 Å². The Bertz CT molecular complexity index is 512. The molecule has 0 unspecified atom stereocenters. The van der Waals surface area contributed by atoms with E-state index < -0.39 is 10.0 Å². The summed E-state index contributed by atoms with van der Waals surface area (Å²) in [5.41, 5.74) is 7.28. The van der Waals surface area contributed by atoms with Crippen molar-refractivity contribution in [1.82, 2.24) is 4.31 Å². The number of benzene rings is 1. The first-order valence-corrected chi connectivity index (χ1v) is 8.01. The number of hydrogen-bond donors (Lipinski definition) is 1. The normalized spacial score (nSPS) is 11.7. The monoisotopic (exact) mass is 282 g/mol. The van der Waals surface area contributed by atoms with E-state index in [1.165, 1.54) is 4.31 Å². The lowest BCUT2D eigenvalue weighted by atomic mass is 10.1. The van der Waals surface area contributed by atoms with Crippen LogP contribution in [0.25, 0.3) is 0 Å². The molecule has 2 N–H and O–H groups in total. The van der Waals surface area contributed by atoms with E-state index >= 15 is 0 Å². The van der Waals surface area contributed by atoms with E-state index in [0.29, 0.717) is 19.6 Å². The Labute approximate surface area is 116 Å². The molecule has 0 aliphatic carbocycles. The van der Waals surface area contributed by atoms with E-state index in [1.54, 1.807) is 6.08 Å². The van der Waals surface area contributed by atoms with Crippen LogP contribution in [0.2, 0.25) is 0 Å². The van der Waals surface area contributed by atoms with Gasteiger partial charge in [0.1, 0.15) is 0 Å². The van der Waals surface area contributed by atoms with Gasteiger partial charge in [0.15, 0.2) is 0 Å². The molecule has 0 aliphatic rings. The van der Waals surface area contributed by atoms with Crippen molar-refractivity contribution in [3.05, 3.63) is 48.0 Å². The van der Waals surface area contributed by atoms with Crippen molar-refractivity contribution in [2.24, 2.45) is 5.73 Å². The Balaban J connectivity index is 2.89. The fraction of sp³-hybridized carbons (Fsp3) is 0.429. The standard InChI is InChI=1S/C14H22N2O2S/c1-3-8-16(9-4-2)19(17,18)12-14-7-5-6-13(10-14)11-15/h3,5-7,10H,1,4,8-9,11-12,15H2,2H3. The maximum Gasteiger partial charge on any atom is 0.218 e. The number of sulfonamides is 1. The molecule has 0 aromatic heterocycles. The summed E-state index contributed by atoms with van der Waals surface area (Å²) >= 11 is 0. The fourth-order valence-electron chi connectivity index (χ4n) is 1.89. The molecule has 5 heteroatoms. The summed E-state index contributed by atoms with van der Waals surface area (Å²) in [5.74, 6) is 0.00861. The lowest BCUT2D eigenvalue weighted by Gasteiger charge is -2.20. The number of nitrogens with zero attached hydrogens (tertiary/aromatic N) is 1. The van der Waals surface area contributed by atoms with Gasteiger partial charge in [-0.1, -0.05) is 37.3 Å². The van der Waals surface area contributed by atoms with Gasteiger partial charge in [0.05, 0.1) is 5.75 Å². The van der Waals surface area contributed by atoms with Crippen molar-refractivity contribution < 1.29 is 8.42 Å². The molecule has 19 heavy (non-hydrogen) atoms. The highest BCUT2D eigenvalue weighted by molar-refractivity contribution is 7.88. The Morgan fingerprint density at radius 2 is 2.05 bits per heavy atom. The van der Waals surface area contributed by atoms with Crippen LogP contribution in [0.15, 0.2) is 36.9 Å². The predicted molar refractivity (Wildman–Crippen MR) is 79.0 cm³/mol. The van der Waals surface area contributed by atoms with Gasteiger partial charge in [0, 0.05) is 19.6 Å². The maximum atomic E-state index is 12.3. The molecule has 1 aromatic rings. The Morgan fingerprint density at radius 1 is 1.37 bits per heavy atom. The van der Waals surface area contributed by atoms with Crippen LogP contribution >= 0.6 is 0 Å². The van der Waals surface area contributed by atoms with E-state index in [9.17, 15) is 8.42 Å². The van der Waals surface area contributed by atoms with Crippen LogP contribution in [0.3, 0.4) is 0 Å². The largest absolute Gasteiger partial charge is 0.326 e. The summed E-state index contributed by atoms with van der Waals surface area (Å²) in [5, 5.41) is 0. The maximum absolute atomic E-state index is 12.3. The molecule has 0 heterocycles. The Kier molecular flexibility index (Phi) is 6.21. The third kappa shape index (κ3) is 4.78. The summed E-state index contributed by atoms with van der Waals surface area (Å²) < 4.78 is 26.1. The van der Waals surface area contributed by atoms with Crippen molar-refractivity contribution >= 4 is 10.0 Å². The molecule has 0 saturated carbocycles. The zero-order valence-corrected chi connectivity index (χ0v) is 12.2. The summed E-state index contributed by atoms with van der Waals surface area (Å²) in [7, 11) is -3.30. The lowest BCUT2D eigenvalue weighted by Crippen LogP contribution is -2.33. The zero-order valence-electron chi connectivity index (χ0n) is 11.4. The number of hydrogen-bond acceptors (Lipinski definition) is 3. The summed E-state index contributed by atoms with van der Waals surface area (Å²) in [6.45, 7) is 6.86. The van der Waals surface area contributed by atoms with Crippen molar-refractivity contribution in [2.45, 2.75) is 25.6 Å². The second-order valence-corrected chi connectivity index (χ2v) is 6.40. The Morgan fingerprint density at radius 3 is 2.63 bits per heavy atom. The van der Waals surface area contributed by atoms with E-state index in [4.69, 9.17) is 5.73 Å². The van der Waals surface area contributed by atoms with Crippen LogP contribution in [0.4, 0.5) is 0 Å². The van der Waals surface area contributed by atoms with Crippen LogP contribution in [0, 0.1) is 0 Å². The van der Waals surface area contributed by atoms with Gasteiger partial charge in [-0.2, -0.15) is 4.31 Å². The van der Waals surface area contributed by atoms with Crippen LogP contribution < -0.4 is 5.73 Å². The first-order chi connectivity index (χ1) is 9.03. The van der Waals surface area contributed by atoms with Gasteiger partial charge in [-0.05, 0) is 17.5 Å². The van der Waals surface area contributed by atoms with E-state index in [0.717, 1.165) is 17.5 Å². The summed E-state index contributed by atoms with van der Waals surface area (Å²) in [6, 6.07) is 7.39. The number of nitrogens with two attached hydrogens (primary N) is 1. The SMILES string of the molecule is C=CCN(CCC)S(=O)(=O)Cc1cccc(CN)c1. The molecule has 0 radical (unpaired) electrons. The molecule has 0 atom stereocenters. The second kappa shape index (κ2) is 7.43. The minimum atomic E-state index is -3.30. The molecular weight excluding hydrogens is 260 g/mol. The molecule has 0 bridgehead atoms. The lowest BCUT2D eigenvalue weighted by molar-refractivity contribution is 0.441. The first-order valence-electron chi connectivity index (χ1n) is 6.40. The molecule has 0 saturated heterocycles. The van der Waals surface area contributed by atoms with Gasteiger partial charge >= 0.3 is 0 Å². The molecule has 1 aromatic carbocycles. The molecule has 0 amide bonds. The quantitative estimate of drug-likeness (QED) is 0.740. The van der Waals surface area contributed by atoms with Crippen LogP contribution in [0.1, 0.15) is 24.5 Å². The zero-order chi connectivity index (χ0) is 14.3. The van der Waals surface area contributed by atoms with Gasteiger partial charge in [0.2, 0.25) is 10.0 Å². The topological polar surface area (TPSA) is 63.4 Å². The highest BCUT2D eigenvalue weighted by Gasteiger charge is 2.20. The smallest absolute Gasteiger partial charge is 0.218 e. The average molecular weight is 282 g/mol. The first kappa shape index (κ1) is 15.9. The third-order valence-electron chi connectivity index (χ3n) is 2.78. The van der Waals surface area contributed by atoms with Crippen LogP contribution in [-0.4, -0.2) is 25.8 Å². The molecule has 0 fully saturated rings. The van der Waals surface area contributed by atoms with Gasteiger partial charge < -0.3 is 5.73 Å².